The third-order valence-electron chi connectivity index (χ3n) is 5.41. The molecule has 0 aromatic heterocycles. The summed E-state index contributed by atoms with van der Waals surface area (Å²) in [5, 5.41) is 9.79. The fraction of sp³-hybridized carbons (Fsp3) is 1.00. The maximum atomic E-state index is 9.79. The number of aliphatic hydroxyl groups excluding tert-OH is 1. The monoisotopic (exact) mass is 269 g/mol. The molecule has 19 heavy (non-hydrogen) atoms. The number of nitrogens with zero attached hydrogens (tertiary/aromatic N) is 1. The summed E-state index contributed by atoms with van der Waals surface area (Å²) in [5.74, 6) is 0. The van der Waals surface area contributed by atoms with Gasteiger partial charge >= 0.3 is 0 Å². The molecule has 2 fully saturated rings. The van der Waals surface area contributed by atoms with Crippen LogP contribution >= 0.6 is 0 Å². The first-order valence-corrected chi connectivity index (χ1v) is 7.85. The van der Waals surface area contributed by atoms with E-state index in [0.717, 1.165) is 32.6 Å². The topological polar surface area (TPSA) is 32.7 Å². The summed E-state index contributed by atoms with van der Waals surface area (Å²) in [6, 6.07) is 0.708. The van der Waals surface area contributed by atoms with Crippen LogP contribution in [0.3, 0.4) is 0 Å². The van der Waals surface area contributed by atoms with Crippen molar-refractivity contribution in [1.29, 1.82) is 0 Å². The molecule has 2 aliphatic rings. The Kier molecular flexibility index (Phi) is 4.91. The minimum absolute atomic E-state index is 0.0833. The number of hydrogen-bond acceptors (Lipinski definition) is 3. The molecule has 1 heterocycles. The fourth-order valence-electron chi connectivity index (χ4n) is 3.65. The maximum Gasteiger partial charge on any atom is 0.0501 e. The SMILES string of the molecule is CN(CC1(CO)CCOCC1)C1CCC(C)(C)CC1. The Hall–Kier alpha value is -0.120. The van der Waals surface area contributed by atoms with Crippen LogP contribution in [0, 0.1) is 10.8 Å². The molecule has 0 aromatic rings. The van der Waals surface area contributed by atoms with E-state index in [1.165, 1.54) is 25.7 Å². The molecule has 0 spiro atoms. The second-order valence-corrected chi connectivity index (χ2v) is 7.58. The molecule has 1 saturated heterocycles. The van der Waals surface area contributed by atoms with Crippen molar-refractivity contribution in [2.24, 2.45) is 10.8 Å². The quantitative estimate of drug-likeness (QED) is 0.851. The molecule has 0 amide bonds. The molecule has 3 nitrogen and oxygen atoms in total. The summed E-state index contributed by atoms with van der Waals surface area (Å²) in [4.78, 5) is 2.51. The van der Waals surface area contributed by atoms with Crippen molar-refractivity contribution in [1.82, 2.24) is 4.90 Å². The van der Waals surface area contributed by atoms with Crippen molar-refractivity contribution < 1.29 is 9.84 Å². The molecular formula is C16H31NO2. The highest BCUT2D eigenvalue weighted by Crippen LogP contribution is 2.38. The first-order chi connectivity index (χ1) is 8.96. The minimum Gasteiger partial charge on any atom is -0.396 e. The lowest BCUT2D eigenvalue weighted by Crippen LogP contribution is -2.47. The smallest absolute Gasteiger partial charge is 0.0501 e. The molecule has 1 aliphatic carbocycles. The lowest BCUT2D eigenvalue weighted by atomic mass is 9.74. The molecule has 0 bridgehead atoms. The van der Waals surface area contributed by atoms with Gasteiger partial charge in [-0.1, -0.05) is 13.8 Å². The van der Waals surface area contributed by atoms with E-state index in [4.69, 9.17) is 4.74 Å². The van der Waals surface area contributed by atoms with Crippen molar-refractivity contribution in [2.75, 3.05) is 33.4 Å². The highest BCUT2D eigenvalue weighted by Gasteiger charge is 2.36. The average molecular weight is 269 g/mol. The van der Waals surface area contributed by atoms with Crippen molar-refractivity contribution in [3.8, 4) is 0 Å². The van der Waals surface area contributed by atoms with Gasteiger partial charge in [0.2, 0.25) is 0 Å². The Balaban J connectivity index is 1.87. The zero-order valence-electron chi connectivity index (χ0n) is 13.0. The van der Waals surface area contributed by atoms with Crippen molar-refractivity contribution in [2.45, 2.75) is 58.4 Å². The van der Waals surface area contributed by atoms with E-state index in [1.807, 2.05) is 0 Å². The Morgan fingerprint density at radius 1 is 1.11 bits per heavy atom. The highest BCUT2D eigenvalue weighted by atomic mass is 16.5. The van der Waals surface area contributed by atoms with Crippen LogP contribution in [0.1, 0.15) is 52.4 Å². The third-order valence-corrected chi connectivity index (χ3v) is 5.41. The molecule has 112 valence electrons. The van der Waals surface area contributed by atoms with Gasteiger partial charge in [0.25, 0.3) is 0 Å². The number of aliphatic hydroxyl groups is 1. The van der Waals surface area contributed by atoms with Gasteiger partial charge in [-0.2, -0.15) is 0 Å². The third kappa shape index (κ3) is 3.93. The predicted octanol–water partition coefficient (Wildman–Crippen LogP) is 2.68. The Morgan fingerprint density at radius 3 is 2.21 bits per heavy atom. The van der Waals surface area contributed by atoms with Crippen molar-refractivity contribution in [3.63, 3.8) is 0 Å². The summed E-state index contributed by atoms with van der Waals surface area (Å²) in [5.41, 5.74) is 0.616. The van der Waals surface area contributed by atoms with Gasteiger partial charge in [0.05, 0.1) is 6.61 Å². The summed E-state index contributed by atoms with van der Waals surface area (Å²) < 4.78 is 5.45. The zero-order chi connectivity index (χ0) is 13.9. The van der Waals surface area contributed by atoms with E-state index in [2.05, 4.69) is 25.8 Å². The van der Waals surface area contributed by atoms with Crippen LogP contribution in [-0.2, 0) is 4.74 Å². The Morgan fingerprint density at radius 2 is 1.68 bits per heavy atom. The number of ether oxygens (including phenoxy) is 1. The minimum atomic E-state index is 0.0833. The second kappa shape index (κ2) is 6.11. The van der Waals surface area contributed by atoms with Gasteiger partial charge in [-0.05, 0) is 51.0 Å². The first-order valence-electron chi connectivity index (χ1n) is 7.85. The second-order valence-electron chi connectivity index (χ2n) is 7.58. The molecule has 0 radical (unpaired) electrons. The molecule has 0 atom stereocenters. The van der Waals surface area contributed by atoms with Gasteiger partial charge in [-0.25, -0.2) is 0 Å². The zero-order valence-corrected chi connectivity index (χ0v) is 13.0. The van der Waals surface area contributed by atoms with Crippen LogP contribution < -0.4 is 0 Å². The molecule has 1 N–H and O–H groups in total. The van der Waals surface area contributed by atoms with E-state index in [1.54, 1.807) is 0 Å². The molecule has 2 rings (SSSR count). The molecule has 1 saturated carbocycles. The van der Waals surface area contributed by atoms with E-state index >= 15 is 0 Å². The number of rotatable bonds is 4. The van der Waals surface area contributed by atoms with Gasteiger partial charge in [0, 0.05) is 31.2 Å². The van der Waals surface area contributed by atoms with Crippen LogP contribution in [0.15, 0.2) is 0 Å². The normalized spacial score (nSPS) is 27.6. The van der Waals surface area contributed by atoms with E-state index in [9.17, 15) is 5.11 Å². The predicted molar refractivity (Wildman–Crippen MR) is 78.2 cm³/mol. The maximum absolute atomic E-state index is 9.79. The van der Waals surface area contributed by atoms with Gasteiger partial charge < -0.3 is 14.7 Å². The van der Waals surface area contributed by atoms with Gasteiger partial charge in [-0.3, -0.25) is 0 Å². The average Bonchev–Trinajstić information content (AvgIpc) is 2.39. The van der Waals surface area contributed by atoms with Crippen molar-refractivity contribution >= 4 is 0 Å². The Labute approximate surface area is 118 Å². The molecule has 3 heteroatoms. The van der Waals surface area contributed by atoms with E-state index in [-0.39, 0.29) is 5.41 Å². The van der Waals surface area contributed by atoms with Crippen LogP contribution in [0.25, 0.3) is 0 Å². The van der Waals surface area contributed by atoms with Gasteiger partial charge in [0.1, 0.15) is 0 Å². The Bertz CT molecular complexity index is 274. The van der Waals surface area contributed by atoms with Crippen LogP contribution in [-0.4, -0.2) is 49.5 Å². The lowest BCUT2D eigenvalue weighted by molar-refractivity contribution is -0.0403. The summed E-state index contributed by atoms with van der Waals surface area (Å²) in [7, 11) is 2.25. The van der Waals surface area contributed by atoms with E-state index in [0.29, 0.717) is 18.1 Å². The summed E-state index contributed by atoms with van der Waals surface area (Å²) >= 11 is 0. The fourth-order valence-corrected chi connectivity index (χ4v) is 3.65. The van der Waals surface area contributed by atoms with Crippen LogP contribution in [0.4, 0.5) is 0 Å². The largest absolute Gasteiger partial charge is 0.396 e. The van der Waals surface area contributed by atoms with Crippen LogP contribution in [0.2, 0.25) is 0 Å². The molecule has 0 aromatic carbocycles. The van der Waals surface area contributed by atoms with Gasteiger partial charge in [-0.15, -0.1) is 0 Å². The number of hydrogen-bond donors (Lipinski definition) is 1. The van der Waals surface area contributed by atoms with Crippen molar-refractivity contribution in [3.05, 3.63) is 0 Å². The van der Waals surface area contributed by atoms with E-state index < -0.39 is 0 Å². The summed E-state index contributed by atoms with van der Waals surface area (Å²) in [6.07, 6.45) is 7.29. The standard InChI is InChI=1S/C16H31NO2/c1-15(2)6-4-14(5-7-15)17(3)12-16(13-18)8-10-19-11-9-16/h14,18H,4-13H2,1-3H3. The first kappa shape index (κ1) is 15.3. The molecular weight excluding hydrogens is 238 g/mol. The molecule has 0 unspecified atom stereocenters. The van der Waals surface area contributed by atoms with Gasteiger partial charge in [0.15, 0.2) is 0 Å². The van der Waals surface area contributed by atoms with Crippen LogP contribution in [0.5, 0.6) is 0 Å². The molecule has 1 aliphatic heterocycles. The highest BCUT2D eigenvalue weighted by molar-refractivity contribution is 4.88. The summed E-state index contributed by atoms with van der Waals surface area (Å²) in [6.45, 7) is 7.73. The lowest BCUT2D eigenvalue weighted by Gasteiger charge is -2.44.